The second kappa shape index (κ2) is 8.19. The van der Waals surface area contributed by atoms with Crippen LogP contribution in [0.5, 0.6) is 0 Å². The molecule has 3 aliphatic carbocycles. The molecule has 0 amide bonds. The highest BCUT2D eigenvalue weighted by Gasteiger charge is 2.64. The van der Waals surface area contributed by atoms with Crippen molar-refractivity contribution in [1.29, 1.82) is 0 Å². The number of carbonyl (C=O) groups is 1. The van der Waals surface area contributed by atoms with Crippen LogP contribution in [-0.4, -0.2) is 19.2 Å². The van der Waals surface area contributed by atoms with E-state index in [1.807, 2.05) is 0 Å². The van der Waals surface area contributed by atoms with Gasteiger partial charge < -0.3 is 9.47 Å². The molecule has 4 rings (SSSR count). The number of carbonyl (C=O) groups excluding carboxylic acids is 1. The Morgan fingerprint density at radius 1 is 1.03 bits per heavy atom. The van der Waals surface area contributed by atoms with Crippen molar-refractivity contribution in [2.45, 2.75) is 112 Å². The van der Waals surface area contributed by atoms with Gasteiger partial charge in [-0.2, -0.15) is 0 Å². The Bertz CT molecular complexity index is 739. The molecule has 4 aliphatic rings. The van der Waals surface area contributed by atoms with Gasteiger partial charge in [0.05, 0.1) is 11.5 Å². The van der Waals surface area contributed by atoms with Crippen molar-refractivity contribution < 1.29 is 14.3 Å². The number of esters is 1. The highest BCUT2D eigenvalue weighted by molar-refractivity contribution is 5.81. The first-order valence-electron chi connectivity index (χ1n) is 13.1. The van der Waals surface area contributed by atoms with Crippen molar-refractivity contribution in [2.75, 3.05) is 7.11 Å². The lowest BCUT2D eigenvalue weighted by Gasteiger charge is -2.57. The largest absolute Gasteiger partial charge is 0.430 e. The second-order valence-electron chi connectivity index (χ2n) is 12.5. The van der Waals surface area contributed by atoms with E-state index in [1.54, 1.807) is 7.11 Å². The quantitative estimate of drug-likeness (QED) is 0.415. The molecule has 31 heavy (non-hydrogen) atoms. The van der Waals surface area contributed by atoms with Crippen LogP contribution in [0.4, 0.5) is 0 Å². The summed E-state index contributed by atoms with van der Waals surface area (Å²) in [6.45, 7) is 14.2. The zero-order chi connectivity index (χ0) is 22.6. The van der Waals surface area contributed by atoms with Crippen molar-refractivity contribution in [3.8, 4) is 0 Å². The molecule has 176 valence electrons. The fourth-order valence-corrected chi connectivity index (χ4v) is 8.16. The summed E-state index contributed by atoms with van der Waals surface area (Å²) in [4.78, 5) is 13.5. The lowest BCUT2D eigenvalue weighted by molar-refractivity contribution is -0.175. The summed E-state index contributed by atoms with van der Waals surface area (Å²) < 4.78 is 12.0. The molecular formula is C28H46O3. The van der Waals surface area contributed by atoms with E-state index in [0.717, 1.165) is 49.2 Å². The Hall–Kier alpha value is -0.830. The third-order valence-electron chi connectivity index (χ3n) is 10.5. The van der Waals surface area contributed by atoms with Crippen LogP contribution >= 0.6 is 0 Å². The Labute approximate surface area is 190 Å². The van der Waals surface area contributed by atoms with Gasteiger partial charge in [0.15, 0.2) is 0 Å². The molecule has 2 saturated carbocycles. The zero-order valence-corrected chi connectivity index (χ0v) is 21.2. The topological polar surface area (TPSA) is 35.5 Å². The number of allylic oxidation sites excluding steroid dienone is 2. The van der Waals surface area contributed by atoms with Crippen LogP contribution in [0.1, 0.15) is 106 Å². The normalized spacial score (nSPS) is 43.4. The van der Waals surface area contributed by atoms with Crippen molar-refractivity contribution >= 4 is 5.97 Å². The van der Waals surface area contributed by atoms with E-state index in [-0.39, 0.29) is 22.9 Å². The fourth-order valence-electron chi connectivity index (χ4n) is 8.16. The van der Waals surface area contributed by atoms with Gasteiger partial charge in [-0.05, 0) is 80.6 Å². The summed E-state index contributed by atoms with van der Waals surface area (Å²) in [6.07, 6.45) is 11.9. The van der Waals surface area contributed by atoms with E-state index in [4.69, 9.17) is 9.47 Å². The third-order valence-corrected chi connectivity index (χ3v) is 10.5. The van der Waals surface area contributed by atoms with E-state index in [1.165, 1.54) is 44.1 Å². The monoisotopic (exact) mass is 430 g/mol. The first kappa shape index (κ1) is 23.3. The van der Waals surface area contributed by atoms with Crippen LogP contribution in [-0.2, 0) is 14.3 Å². The molecule has 0 spiro atoms. The molecule has 0 bridgehead atoms. The number of rotatable bonds is 6. The highest BCUT2D eigenvalue weighted by Crippen LogP contribution is 2.67. The molecule has 0 N–H and O–H groups in total. The molecule has 2 fully saturated rings. The zero-order valence-electron chi connectivity index (χ0n) is 21.2. The maximum absolute atomic E-state index is 13.5. The minimum Gasteiger partial charge on any atom is -0.430 e. The van der Waals surface area contributed by atoms with Crippen molar-refractivity contribution in [2.24, 2.45) is 39.9 Å². The van der Waals surface area contributed by atoms with E-state index in [2.05, 4.69) is 41.5 Å². The standard InChI is InChI=1S/C28H46O3/c1-18(2)9-8-10-19(3)21-11-12-22-24-23(14-15-26(21,22)4)27(5)16-13-20(30-7)17-28(27,6)25(29)31-24/h18-22H,8-17H2,1-7H3/t19-,20+,21-,22+,26-,27-,28-/m1/s1. The minimum absolute atomic E-state index is 0.00758. The van der Waals surface area contributed by atoms with E-state index in [9.17, 15) is 4.79 Å². The Kier molecular flexibility index (Phi) is 6.16. The maximum atomic E-state index is 13.5. The summed E-state index contributed by atoms with van der Waals surface area (Å²) in [6, 6.07) is 0. The van der Waals surface area contributed by atoms with Gasteiger partial charge in [-0.3, -0.25) is 4.79 Å². The average molecular weight is 431 g/mol. The molecule has 0 aromatic carbocycles. The minimum atomic E-state index is -0.458. The fraction of sp³-hybridized carbons (Fsp3) is 0.893. The third kappa shape index (κ3) is 3.52. The smallest absolute Gasteiger partial charge is 0.317 e. The van der Waals surface area contributed by atoms with E-state index in [0.29, 0.717) is 5.92 Å². The van der Waals surface area contributed by atoms with Gasteiger partial charge >= 0.3 is 5.97 Å². The highest BCUT2D eigenvalue weighted by atomic mass is 16.5. The summed E-state index contributed by atoms with van der Waals surface area (Å²) in [7, 11) is 1.78. The molecule has 0 radical (unpaired) electrons. The van der Waals surface area contributed by atoms with Crippen LogP contribution in [0, 0.1) is 39.9 Å². The van der Waals surface area contributed by atoms with Crippen LogP contribution in [0.3, 0.4) is 0 Å². The van der Waals surface area contributed by atoms with Gasteiger partial charge in [-0.25, -0.2) is 0 Å². The van der Waals surface area contributed by atoms with Crippen molar-refractivity contribution in [3.05, 3.63) is 11.3 Å². The summed E-state index contributed by atoms with van der Waals surface area (Å²) in [5, 5.41) is 0. The summed E-state index contributed by atoms with van der Waals surface area (Å²) >= 11 is 0. The molecule has 3 heteroatoms. The van der Waals surface area contributed by atoms with E-state index < -0.39 is 5.41 Å². The predicted molar refractivity (Wildman–Crippen MR) is 125 cm³/mol. The molecule has 0 saturated heterocycles. The molecule has 0 unspecified atom stereocenters. The SMILES string of the molecule is CO[C@H]1CC[C@]2(C)C3=C(OC(=O)[C@@]2(C)C1)[C@@H]1CC[C@H]([C@H](C)CCCC(C)C)[C@@]1(C)CC3. The van der Waals surface area contributed by atoms with Gasteiger partial charge in [0.25, 0.3) is 0 Å². The first-order chi connectivity index (χ1) is 14.6. The van der Waals surface area contributed by atoms with Crippen LogP contribution < -0.4 is 0 Å². The van der Waals surface area contributed by atoms with E-state index >= 15 is 0 Å². The molecule has 3 nitrogen and oxygen atoms in total. The second-order valence-corrected chi connectivity index (χ2v) is 12.5. The van der Waals surface area contributed by atoms with Gasteiger partial charge in [-0.15, -0.1) is 0 Å². The molecule has 1 heterocycles. The van der Waals surface area contributed by atoms with Crippen LogP contribution in [0.25, 0.3) is 0 Å². The maximum Gasteiger partial charge on any atom is 0.317 e. The summed E-state index contributed by atoms with van der Waals surface area (Å²) in [5.41, 5.74) is 1.24. The predicted octanol–water partition coefficient (Wildman–Crippen LogP) is 7.30. The van der Waals surface area contributed by atoms with Gasteiger partial charge in [-0.1, -0.05) is 53.9 Å². The number of ether oxygens (including phenoxy) is 2. The molecule has 0 aromatic heterocycles. The number of fused-ring (bicyclic) bond motifs is 4. The number of hydrogen-bond donors (Lipinski definition) is 0. The number of methoxy groups -OCH3 is 1. The lowest BCUT2D eigenvalue weighted by atomic mass is 9.49. The van der Waals surface area contributed by atoms with Gasteiger partial charge in [0, 0.05) is 18.4 Å². The first-order valence-corrected chi connectivity index (χ1v) is 13.1. The Balaban J connectivity index is 1.60. The summed E-state index contributed by atoms with van der Waals surface area (Å²) in [5.74, 6) is 3.85. The Morgan fingerprint density at radius 2 is 1.77 bits per heavy atom. The van der Waals surface area contributed by atoms with Gasteiger partial charge in [0.2, 0.25) is 0 Å². The van der Waals surface area contributed by atoms with Crippen LogP contribution in [0.15, 0.2) is 11.3 Å². The lowest BCUT2D eigenvalue weighted by Crippen LogP contribution is -2.56. The molecular weight excluding hydrogens is 384 g/mol. The average Bonchev–Trinajstić information content (AvgIpc) is 3.06. The Morgan fingerprint density at radius 3 is 2.45 bits per heavy atom. The number of hydrogen-bond acceptors (Lipinski definition) is 3. The molecule has 0 aromatic rings. The van der Waals surface area contributed by atoms with Crippen molar-refractivity contribution in [3.63, 3.8) is 0 Å². The van der Waals surface area contributed by atoms with Crippen LogP contribution in [0.2, 0.25) is 0 Å². The van der Waals surface area contributed by atoms with Gasteiger partial charge in [0.1, 0.15) is 5.76 Å². The molecule has 1 aliphatic heterocycles. The van der Waals surface area contributed by atoms with Crippen molar-refractivity contribution in [1.82, 2.24) is 0 Å². The molecule has 7 atom stereocenters.